The number of hydrogen-bond acceptors (Lipinski definition) is 4. The molecule has 0 N–H and O–H groups in total. The first-order valence-electron chi connectivity index (χ1n) is 11.6. The lowest BCUT2D eigenvalue weighted by Gasteiger charge is -2.37. The zero-order chi connectivity index (χ0) is 22.6. The summed E-state index contributed by atoms with van der Waals surface area (Å²) in [7, 11) is 0. The van der Waals surface area contributed by atoms with E-state index in [9.17, 15) is 9.59 Å². The Hall–Kier alpha value is -2.70. The number of halogens is 1. The van der Waals surface area contributed by atoms with Crippen LogP contribution in [0.5, 0.6) is 0 Å². The molecular formula is C25H30FN3O3. The molecule has 2 aromatic rings. The molecule has 2 fully saturated rings. The Bertz CT molecular complexity index is 1080. The fourth-order valence-corrected chi connectivity index (χ4v) is 5.52. The molecule has 7 heteroatoms. The lowest BCUT2D eigenvalue weighted by molar-refractivity contribution is -0.134. The van der Waals surface area contributed by atoms with Crippen LogP contribution in [0.3, 0.4) is 0 Å². The van der Waals surface area contributed by atoms with Gasteiger partial charge in [0.2, 0.25) is 5.91 Å². The standard InChI is InChI=1S/C25H30FN3O3/c1-4-32-24(31)23-22-18-12-17(18)13-20(22)29(27-23)14-21(30)28-10-8-25(26,9-11-28)19-7-5-6-15(2)16(19)3/h5-7,17-18H,4,8-14H2,1-3H3/t17-,18-/m1/s1. The Kier molecular flexibility index (Phi) is 5.10. The van der Waals surface area contributed by atoms with Crippen LogP contribution < -0.4 is 0 Å². The number of amides is 1. The first-order chi connectivity index (χ1) is 15.3. The van der Waals surface area contributed by atoms with Crippen LogP contribution in [-0.2, 0) is 28.2 Å². The summed E-state index contributed by atoms with van der Waals surface area (Å²) in [5.74, 6) is 0.468. The van der Waals surface area contributed by atoms with Crippen LogP contribution in [0.1, 0.15) is 70.5 Å². The van der Waals surface area contributed by atoms with Gasteiger partial charge in [-0.15, -0.1) is 0 Å². The number of carbonyl (C=O) groups is 2. The predicted molar refractivity (Wildman–Crippen MR) is 117 cm³/mol. The topological polar surface area (TPSA) is 64.4 Å². The first kappa shape index (κ1) is 21.2. The largest absolute Gasteiger partial charge is 0.461 e. The summed E-state index contributed by atoms with van der Waals surface area (Å²) in [5.41, 5.74) is 3.77. The zero-order valence-electron chi connectivity index (χ0n) is 19.0. The van der Waals surface area contributed by atoms with E-state index in [1.165, 1.54) is 0 Å². The van der Waals surface area contributed by atoms with Crippen molar-refractivity contribution in [3.63, 3.8) is 0 Å². The van der Waals surface area contributed by atoms with Gasteiger partial charge in [0.25, 0.3) is 0 Å². The number of aryl methyl sites for hydroxylation is 1. The van der Waals surface area contributed by atoms with Gasteiger partial charge in [0.1, 0.15) is 12.2 Å². The number of piperidine rings is 1. The second kappa shape index (κ2) is 7.71. The van der Waals surface area contributed by atoms with Gasteiger partial charge in [0.15, 0.2) is 5.69 Å². The van der Waals surface area contributed by atoms with Gasteiger partial charge < -0.3 is 9.64 Å². The number of alkyl halides is 1. The fourth-order valence-electron chi connectivity index (χ4n) is 5.52. The maximum Gasteiger partial charge on any atom is 0.359 e. The van der Waals surface area contributed by atoms with Crippen molar-refractivity contribution >= 4 is 11.9 Å². The van der Waals surface area contributed by atoms with E-state index >= 15 is 4.39 Å². The maximum absolute atomic E-state index is 15.8. The molecule has 0 radical (unpaired) electrons. The predicted octanol–water partition coefficient (Wildman–Crippen LogP) is 3.82. The molecule has 3 aliphatic rings. The second-order valence-corrected chi connectivity index (χ2v) is 9.49. The molecule has 1 amide bonds. The van der Waals surface area contributed by atoms with Crippen molar-refractivity contribution < 1.29 is 18.7 Å². The molecule has 1 aromatic heterocycles. The fraction of sp³-hybridized carbons (Fsp3) is 0.560. The molecule has 2 atom stereocenters. The van der Waals surface area contributed by atoms with Crippen LogP contribution >= 0.6 is 0 Å². The summed E-state index contributed by atoms with van der Waals surface area (Å²) in [6.07, 6.45) is 2.53. The van der Waals surface area contributed by atoms with Crippen molar-refractivity contribution in [1.82, 2.24) is 14.7 Å². The lowest BCUT2D eigenvalue weighted by Crippen LogP contribution is -2.45. The summed E-state index contributed by atoms with van der Waals surface area (Å²) in [6.45, 7) is 6.88. The maximum atomic E-state index is 15.8. The van der Waals surface area contributed by atoms with Gasteiger partial charge in [0, 0.05) is 37.2 Å². The van der Waals surface area contributed by atoms with Crippen LogP contribution in [0.2, 0.25) is 0 Å². The molecule has 1 saturated heterocycles. The zero-order valence-corrected chi connectivity index (χ0v) is 19.0. The Morgan fingerprint density at radius 1 is 1.25 bits per heavy atom. The molecule has 2 aliphatic carbocycles. The third-order valence-corrected chi connectivity index (χ3v) is 7.60. The molecule has 0 unspecified atom stereocenters. The van der Waals surface area contributed by atoms with Crippen molar-refractivity contribution in [3.8, 4) is 0 Å². The highest BCUT2D eigenvalue weighted by molar-refractivity contribution is 5.90. The van der Waals surface area contributed by atoms with Gasteiger partial charge in [-0.05, 0) is 62.1 Å². The molecule has 32 heavy (non-hydrogen) atoms. The number of aromatic nitrogens is 2. The SMILES string of the molecule is CCOC(=O)c1nn(CC(=O)N2CCC(F)(c3cccc(C)c3C)CC2)c2c1[C@@H]1C[C@@H]1C2. The van der Waals surface area contributed by atoms with Gasteiger partial charge in [-0.25, -0.2) is 9.18 Å². The highest BCUT2D eigenvalue weighted by Crippen LogP contribution is 2.57. The van der Waals surface area contributed by atoms with E-state index in [1.807, 2.05) is 32.0 Å². The monoisotopic (exact) mass is 439 g/mol. The third kappa shape index (κ3) is 3.42. The molecule has 2 heterocycles. The quantitative estimate of drug-likeness (QED) is 0.665. The average Bonchev–Trinajstić information content (AvgIpc) is 3.29. The number of rotatable bonds is 5. The molecule has 5 rings (SSSR count). The summed E-state index contributed by atoms with van der Waals surface area (Å²) < 4.78 is 22.7. The van der Waals surface area contributed by atoms with Crippen LogP contribution in [0.4, 0.5) is 4.39 Å². The molecule has 1 aromatic carbocycles. The summed E-state index contributed by atoms with van der Waals surface area (Å²) >= 11 is 0. The minimum Gasteiger partial charge on any atom is -0.461 e. The number of benzene rings is 1. The number of hydrogen-bond donors (Lipinski definition) is 0. The number of esters is 1. The molecule has 0 spiro atoms. The summed E-state index contributed by atoms with van der Waals surface area (Å²) in [6, 6.07) is 5.77. The van der Waals surface area contributed by atoms with E-state index in [0.29, 0.717) is 50.1 Å². The van der Waals surface area contributed by atoms with Crippen molar-refractivity contribution in [2.24, 2.45) is 5.92 Å². The van der Waals surface area contributed by atoms with Gasteiger partial charge in [-0.3, -0.25) is 9.48 Å². The van der Waals surface area contributed by atoms with Gasteiger partial charge in [0.05, 0.1) is 6.61 Å². The summed E-state index contributed by atoms with van der Waals surface area (Å²) in [5, 5.41) is 4.48. The van der Waals surface area contributed by atoms with Crippen LogP contribution in [0.25, 0.3) is 0 Å². The van der Waals surface area contributed by atoms with E-state index in [1.54, 1.807) is 16.5 Å². The van der Waals surface area contributed by atoms with Crippen molar-refractivity contribution in [1.29, 1.82) is 0 Å². The Labute approximate surface area is 187 Å². The number of nitrogens with zero attached hydrogens (tertiary/aromatic N) is 3. The van der Waals surface area contributed by atoms with Gasteiger partial charge >= 0.3 is 5.97 Å². The van der Waals surface area contributed by atoms with E-state index < -0.39 is 11.6 Å². The lowest BCUT2D eigenvalue weighted by atomic mass is 9.82. The van der Waals surface area contributed by atoms with Crippen LogP contribution in [0, 0.1) is 19.8 Å². The molecular weight excluding hydrogens is 409 g/mol. The highest BCUT2D eigenvalue weighted by Gasteiger charge is 2.50. The first-order valence-corrected chi connectivity index (χ1v) is 11.6. The number of carbonyl (C=O) groups excluding carboxylic acids is 2. The van der Waals surface area contributed by atoms with Crippen LogP contribution in [0.15, 0.2) is 18.2 Å². The highest BCUT2D eigenvalue weighted by atomic mass is 19.1. The minimum atomic E-state index is -1.40. The number of likely N-dealkylation sites (tertiary alicyclic amines) is 1. The van der Waals surface area contributed by atoms with E-state index in [4.69, 9.17) is 4.74 Å². The minimum absolute atomic E-state index is 0.0747. The molecule has 6 nitrogen and oxygen atoms in total. The Morgan fingerprint density at radius 3 is 2.72 bits per heavy atom. The average molecular weight is 440 g/mol. The molecule has 0 bridgehead atoms. The molecule has 1 aliphatic heterocycles. The van der Waals surface area contributed by atoms with E-state index in [2.05, 4.69) is 5.10 Å². The normalized spacial score (nSPS) is 22.9. The van der Waals surface area contributed by atoms with E-state index in [0.717, 1.165) is 40.8 Å². The smallest absolute Gasteiger partial charge is 0.359 e. The molecule has 1 saturated carbocycles. The number of ether oxygens (including phenoxy) is 1. The second-order valence-electron chi connectivity index (χ2n) is 9.49. The van der Waals surface area contributed by atoms with Gasteiger partial charge in [-0.1, -0.05) is 18.2 Å². The summed E-state index contributed by atoms with van der Waals surface area (Å²) in [4.78, 5) is 27.2. The van der Waals surface area contributed by atoms with E-state index in [-0.39, 0.29) is 12.5 Å². The molecule has 170 valence electrons. The third-order valence-electron chi connectivity index (χ3n) is 7.60. The van der Waals surface area contributed by atoms with Crippen LogP contribution in [-0.4, -0.2) is 46.3 Å². The Morgan fingerprint density at radius 2 is 2.00 bits per heavy atom. The Balaban J connectivity index is 1.29. The van der Waals surface area contributed by atoms with Crippen molar-refractivity contribution in [2.45, 2.75) is 64.6 Å². The van der Waals surface area contributed by atoms with Crippen molar-refractivity contribution in [2.75, 3.05) is 19.7 Å². The van der Waals surface area contributed by atoms with Crippen molar-refractivity contribution in [3.05, 3.63) is 51.8 Å². The van der Waals surface area contributed by atoms with Gasteiger partial charge in [-0.2, -0.15) is 5.10 Å². The number of fused-ring (bicyclic) bond motifs is 3.